The molecular weight excluding hydrogens is 308 g/mol. The Kier molecular flexibility index (Phi) is 5.62. The molecular formula is C22H34N2O. The fourth-order valence-corrected chi connectivity index (χ4v) is 5.59. The lowest BCUT2D eigenvalue weighted by Gasteiger charge is -2.49. The van der Waals surface area contributed by atoms with Crippen LogP contribution < -0.4 is 4.74 Å². The molecule has 2 heterocycles. The van der Waals surface area contributed by atoms with Crippen LogP contribution in [-0.2, 0) is 6.54 Å². The summed E-state index contributed by atoms with van der Waals surface area (Å²) in [5.74, 6) is 1.99. The summed E-state index contributed by atoms with van der Waals surface area (Å²) < 4.78 is 5.91. The van der Waals surface area contributed by atoms with E-state index in [4.69, 9.17) is 4.74 Å². The van der Waals surface area contributed by atoms with Gasteiger partial charge in [0.15, 0.2) is 0 Å². The SMILES string of the molecule is CCOc1ccccc1CN1CCN2CCC[C@@H]2[C@H]1C1CCCCC1. The maximum absolute atomic E-state index is 5.91. The van der Waals surface area contributed by atoms with E-state index in [1.54, 1.807) is 0 Å². The van der Waals surface area contributed by atoms with Gasteiger partial charge in [0.1, 0.15) is 5.75 Å². The van der Waals surface area contributed by atoms with Crippen molar-refractivity contribution in [2.75, 3.05) is 26.2 Å². The minimum absolute atomic E-state index is 0.749. The van der Waals surface area contributed by atoms with Crippen LogP contribution in [0.15, 0.2) is 24.3 Å². The molecule has 4 rings (SSSR count). The van der Waals surface area contributed by atoms with E-state index >= 15 is 0 Å². The van der Waals surface area contributed by atoms with Crippen LogP contribution in [0.4, 0.5) is 0 Å². The van der Waals surface area contributed by atoms with Crippen LogP contribution in [0.2, 0.25) is 0 Å². The van der Waals surface area contributed by atoms with E-state index in [2.05, 4.69) is 41.0 Å². The molecule has 2 saturated heterocycles. The number of para-hydroxylation sites is 1. The van der Waals surface area contributed by atoms with Gasteiger partial charge in [0.2, 0.25) is 0 Å². The molecule has 138 valence electrons. The van der Waals surface area contributed by atoms with Crippen molar-refractivity contribution in [1.82, 2.24) is 9.80 Å². The van der Waals surface area contributed by atoms with E-state index in [0.717, 1.165) is 36.9 Å². The van der Waals surface area contributed by atoms with Gasteiger partial charge in [-0.1, -0.05) is 37.5 Å². The second kappa shape index (κ2) is 8.09. The summed E-state index contributed by atoms with van der Waals surface area (Å²) in [5, 5.41) is 0. The van der Waals surface area contributed by atoms with Gasteiger partial charge in [-0.25, -0.2) is 0 Å². The van der Waals surface area contributed by atoms with Crippen molar-refractivity contribution in [3.05, 3.63) is 29.8 Å². The highest BCUT2D eigenvalue weighted by Crippen LogP contribution is 2.38. The van der Waals surface area contributed by atoms with E-state index in [-0.39, 0.29) is 0 Å². The van der Waals surface area contributed by atoms with Crippen LogP contribution in [0.1, 0.15) is 57.4 Å². The van der Waals surface area contributed by atoms with Crippen LogP contribution in [0.25, 0.3) is 0 Å². The number of benzene rings is 1. The van der Waals surface area contributed by atoms with E-state index in [0.29, 0.717) is 0 Å². The zero-order valence-electron chi connectivity index (χ0n) is 15.8. The van der Waals surface area contributed by atoms with Crippen molar-refractivity contribution >= 4 is 0 Å². The molecule has 0 N–H and O–H groups in total. The highest BCUT2D eigenvalue weighted by Gasteiger charge is 2.43. The van der Waals surface area contributed by atoms with Crippen LogP contribution in [0.3, 0.4) is 0 Å². The summed E-state index contributed by atoms with van der Waals surface area (Å²) in [6.45, 7) is 7.69. The molecule has 0 unspecified atom stereocenters. The first-order valence-electron chi connectivity index (χ1n) is 10.6. The maximum atomic E-state index is 5.91. The Morgan fingerprint density at radius 2 is 1.80 bits per heavy atom. The first-order valence-corrected chi connectivity index (χ1v) is 10.6. The van der Waals surface area contributed by atoms with Gasteiger partial charge in [-0.05, 0) is 51.1 Å². The zero-order chi connectivity index (χ0) is 17.1. The summed E-state index contributed by atoms with van der Waals surface area (Å²) >= 11 is 0. The summed E-state index contributed by atoms with van der Waals surface area (Å²) in [6.07, 6.45) is 10.0. The molecule has 3 nitrogen and oxygen atoms in total. The van der Waals surface area contributed by atoms with Gasteiger partial charge < -0.3 is 4.74 Å². The average molecular weight is 343 g/mol. The highest BCUT2D eigenvalue weighted by atomic mass is 16.5. The van der Waals surface area contributed by atoms with E-state index in [1.165, 1.54) is 70.1 Å². The minimum atomic E-state index is 0.749. The molecule has 2 aliphatic heterocycles. The second-order valence-electron chi connectivity index (χ2n) is 8.15. The van der Waals surface area contributed by atoms with Crippen LogP contribution >= 0.6 is 0 Å². The molecule has 1 aliphatic carbocycles. The van der Waals surface area contributed by atoms with E-state index < -0.39 is 0 Å². The largest absolute Gasteiger partial charge is 0.494 e. The molecule has 1 aromatic carbocycles. The smallest absolute Gasteiger partial charge is 0.123 e. The number of rotatable bonds is 5. The molecule has 25 heavy (non-hydrogen) atoms. The first-order chi connectivity index (χ1) is 12.4. The molecule has 1 aromatic rings. The summed E-state index contributed by atoms with van der Waals surface area (Å²) in [5.41, 5.74) is 1.37. The average Bonchev–Trinajstić information content (AvgIpc) is 3.13. The Hall–Kier alpha value is -1.06. The first kappa shape index (κ1) is 17.4. The Morgan fingerprint density at radius 3 is 2.64 bits per heavy atom. The molecule has 0 bridgehead atoms. The lowest BCUT2D eigenvalue weighted by atomic mass is 9.78. The molecule has 2 atom stereocenters. The van der Waals surface area contributed by atoms with Crippen molar-refractivity contribution < 1.29 is 4.74 Å². The standard InChI is InChI=1S/C22H34N2O/c1-2-25-21-13-7-6-11-19(21)17-24-16-15-23-14-8-12-20(23)22(24)18-9-4-3-5-10-18/h6-7,11,13,18,20,22H,2-5,8-10,12,14-17H2,1H3/t20-,22-/m1/s1. The molecule has 0 spiro atoms. The second-order valence-corrected chi connectivity index (χ2v) is 8.15. The highest BCUT2D eigenvalue weighted by molar-refractivity contribution is 5.33. The van der Waals surface area contributed by atoms with Crippen molar-refractivity contribution in [3.63, 3.8) is 0 Å². The predicted octanol–water partition coefficient (Wildman–Crippen LogP) is 4.31. The van der Waals surface area contributed by atoms with Gasteiger partial charge in [-0.3, -0.25) is 9.80 Å². The topological polar surface area (TPSA) is 15.7 Å². The third-order valence-electron chi connectivity index (χ3n) is 6.68. The van der Waals surface area contributed by atoms with Crippen molar-refractivity contribution in [3.8, 4) is 5.75 Å². The van der Waals surface area contributed by atoms with Crippen molar-refractivity contribution in [1.29, 1.82) is 0 Å². The summed E-state index contributed by atoms with van der Waals surface area (Å²) in [7, 11) is 0. The fraction of sp³-hybridized carbons (Fsp3) is 0.727. The van der Waals surface area contributed by atoms with Crippen LogP contribution in [0, 0.1) is 5.92 Å². The number of ether oxygens (including phenoxy) is 1. The summed E-state index contributed by atoms with van der Waals surface area (Å²) in [6, 6.07) is 10.2. The molecule has 0 aromatic heterocycles. The molecule has 3 fully saturated rings. The minimum Gasteiger partial charge on any atom is -0.494 e. The van der Waals surface area contributed by atoms with Gasteiger partial charge >= 0.3 is 0 Å². The molecule has 0 radical (unpaired) electrons. The molecule has 0 amide bonds. The predicted molar refractivity (Wildman–Crippen MR) is 103 cm³/mol. The Bertz CT molecular complexity index is 555. The number of fused-ring (bicyclic) bond motifs is 1. The fourth-order valence-electron chi connectivity index (χ4n) is 5.59. The van der Waals surface area contributed by atoms with Gasteiger partial charge in [0.25, 0.3) is 0 Å². The van der Waals surface area contributed by atoms with Gasteiger partial charge in [0, 0.05) is 37.3 Å². The van der Waals surface area contributed by atoms with E-state index in [9.17, 15) is 0 Å². The molecule has 1 saturated carbocycles. The third kappa shape index (κ3) is 3.73. The Balaban J connectivity index is 1.56. The van der Waals surface area contributed by atoms with Crippen LogP contribution in [-0.4, -0.2) is 48.1 Å². The van der Waals surface area contributed by atoms with Gasteiger partial charge in [-0.15, -0.1) is 0 Å². The Morgan fingerprint density at radius 1 is 0.960 bits per heavy atom. The monoisotopic (exact) mass is 342 g/mol. The third-order valence-corrected chi connectivity index (χ3v) is 6.68. The number of piperazine rings is 1. The number of hydrogen-bond acceptors (Lipinski definition) is 3. The summed E-state index contributed by atoms with van der Waals surface area (Å²) in [4.78, 5) is 5.62. The zero-order valence-corrected chi connectivity index (χ0v) is 15.8. The Labute approximate surface area is 153 Å². The lowest BCUT2D eigenvalue weighted by molar-refractivity contribution is -0.00418. The normalized spacial score (nSPS) is 28.8. The number of nitrogens with zero attached hydrogens (tertiary/aromatic N) is 2. The van der Waals surface area contributed by atoms with Gasteiger partial charge in [-0.2, -0.15) is 0 Å². The van der Waals surface area contributed by atoms with Gasteiger partial charge in [0.05, 0.1) is 6.61 Å². The quantitative estimate of drug-likeness (QED) is 0.793. The van der Waals surface area contributed by atoms with Crippen molar-refractivity contribution in [2.24, 2.45) is 5.92 Å². The van der Waals surface area contributed by atoms with Crippen LogP contribution in [0.5, 0.6) is 5.75 Å². The maximum Gasteiger partial charge on any atom is 0.123 e. The lowest BCUT2D eigenvalue weighted by Crippen LogP contribution is -2.59. The number of hydrogen-bond donors (Lipinski definition) is 0. The van der Waals surface area contributed by atoms with E-state index in [1.807, 2.05) is 0 Å². The molecule has 3 aliphatic rings. The van der Waals surface area contributed by atoms with Crippen molar-refractivity contribution in [2.45, 2.75) is 70.5 Å². The molecule has 3 heteroatoms.